The average Bonchev–Trinajstić information content (AvgIpc) is 3.31. The molecule has 0 fully saturated rings. The summed E-state index contributed by atoms with van der Waals surface area (Å²) in [4.78, 5) is 4.17. The molecule has 3 unspecified atom stereocenters. The number of nitrogens with two attached hydrogens (primary N) is 1. The smallest absolute Gasteiger partial charge is 0.137 e. The maximum atomic E-state index is 9.85. The molecule has 0 amide bonds. The Morgan fingerprint density at radius 3 is 2.31 bits per heavy atom. The van der Waals surface area contributed by atoms with Gasteiger partial charge < -0.3 is 30.0 Å². The number of hydrogen-bond donors (Lipinski definition) is 3. The molecule has 2 aromatic carbocycles. The highest BCUT2D eigenvalue weighted by Crippen LogP contribution is 2.24. The second kappa shape index (κ2) is 11.6. The summed E-state index contributed by atoms with van der Waals surface area (Å²) in [6.45, 7) is 2.40. The van der Waals surface area contributed by atoms with E-state index in [4.69, 9.17) is 15.2 Å². The number of imidazole rings is 1. The van der Waals surface area contributed by atoms with Crippen molar-refractivity contribution in [2.24, 2.45) is 5.73 Å². The Hall–Kier alpha value is -2.97. The Kier molecular flexibility index (Phi) is 8.58. The van der Waals surface area contributed by atoms with E-state index in [1.54, 1.807) is 31.0 Å². The third-order valence-electron chi connectivity index (χ3n) is 5.26. The zero-order valence-corrected chi connectivity index (χ0v) is 18.5. The van der Waals surface area contributed by atoms with E-state index in [1.807, 2.05) is 48.6 Å². The summed E-state index contributed by atoms with van der Waals surface area (Å²) in [6, 6.07) is 15.8. The molecule has 0 radical (unpaired) electrons. The third-order valence-corrected chi connectivity index (χ3v) is 5.26. The molecule has 0 bridgehead atoms. The number of aliphatic hydroxyl groups is 2. The molecule has 0 aliphatic carbocycles. The molecule has 0 saturated heterocycles. The first-order valence-electron chi connectivity index (χ1n) is 10.6. The van der Waals surface area contributed by atoms with Crippen molar-refractivity contribution in [2.45, 2.75) is 25.2 Å². The molecule has 170 valence electrons. The first kappa shape index (κ1) is 23.7. The average molecular weight is 438 g/mol. The van der Waals surface area contributed by atoms with Crippen molar-refractivity contribution in [3.05, 3.63) is 78.4 Å². The van der Waals surface area contributed by atoms with Gasteiger partial charge in [-0.25, -0.2) is 4.98 Å². The molecule has 3 aromatic rings. The molecule has 0 aliphatic heterocycles. The topological polar surface area (TPSA) is 103 Å². The molecule has 4 N–H and O–H groups in total. The number of benzene rings is 2. The third kappa shape index (κ3) is 6.05. The predicted octanol–water partition coefficient (Wildman–Crippen LogP) is 3.20. The Bertz CT molecular complexity index is 977. The van der Waals surface area contributed by atoms with Crippen LogP contribution in [0.25, 0.3) is 17.2 Å². The number of aromatic nitrogens is 2. The maximum Gasteiger partial charge on any atom is 0.137 e. The van der Waals surface area contributed by atoms with Crippen molar-refractivity contribution < 1.29 is 19.7 Å². The Morgan fingerprint density at radius 2 is 1.75 bits per heavy atom. The number of aliphatic hydroxyl groups excluding tert-OH is 2. The molecular weight excluding hydrogens is 406 g/mol. The van der Waals surface area contributed by atoms with E-state index in [1.165, 1.54) is 0 Å². The summed E-state index contributed by atoms with van der Waals surface area (Å²) in [5.41, 5.74) is 8.80. The monoisotopic (exact) mass is 437 g/mol. The summed E-state index contributed by atoms with van der Waals surface area (Å²) in [6.07, 6.45) is 6.42. The lowest BCUT2D eigenvalue weighted by molar-refractivity contribution is 0.0644. The fraction of sp³-hybridized carbons (Fsp3) is 0.320. The van der Waals surface area contributed by atoms with Crippen molar-refractivity contribution in [1.29, 1.82) is 0 Å². The second-order valence-corrected chi connectivity index (χ2v) is 7.53. The minimum Gasteiger partial charge on any atom is -0.491 e. The fourth-order valence-corrected chi connectivity index (χ4v) is 3.34. The first-order chi connectivity index (χ1) is 15.5. The zero-order valence-electron chi connectivity index (χ0n) is 18.5. The minimum atomic E-state index is -0.703. The van der Waals surface area contributed by atoms with Gasteiger partial charge in [0.05, 0.1) is 12.6 Å². The van der Waals surface area contributed by atoms with Crippen LogP contribution in [0.5, 0.6) is 5.75 Å². The molecule has 7 nitrogen and oxygen atoms in total. The lowest BCUT2D eigenvalue weighted by Crippen LogP contribution is -2.28. The van der Waals surface area contributed by atoms with Crippen LogP contribution in [0, 0.1) is 0 Å². The van der Waals surface area contributed by atoms with Crippen LogP contribution in [-0.4, -0.2) is 52.7 Å². The van der Waals surface area contributed by atoms with E-state index in [0.29, 0.717) is 19.0 Å². The summed E-state index contributed by atoms with van der Waals surface area (Å²) in [7, 11) is 1.62. The van der Waals surface area contributed by atoms with Gasteiger partial charge in [-0.1, -0.05) is 48.6 Å². The summed E-state index contributed by atoms with van der Waals surface area (Å²) < 4.78 is 12.7. The normalized spacial score (nSPS) is 14.4. The molecule has 0 spiro atoms. The second-order valence-electron chi connectivity index (χ2n) is 7.53. The van der Waals surface area contributed by atoms with Crippen LogP contribution in [0.15, 0.2) is 67.0 Å². The highest BCUT2D eigenvalue weighted by atomic mass is 16.5. The van der Waals surface area contributed by atoms with E-state index in [2.05, 4.69) is 17.1 Å². The van der Waals surface area contributed by atoms with Crippen LogP contribution in [0.1, 0.15) is 30.5 Å². The lowest BCUT2D eigenvalue weighted by Gasteiger charge is -2.16. The Labute approximate surface area is 188 Å². The van der Waals surface area contributed by atoms with Gasteiger partial charge in [0.25, 0.3) is 0 Å². The van der Waals surface area contributed by atoms with Gasteiger partial charge in [-0.15, -0.1) is 0 Å². The lowest BCUT2D eigenvalue weighted by atomic mass is 10.0. The van der Waals surface area contributed by atoms with Gasteiger partial charge >= 0.3 is 0 Å². The fourth-order valence-electron chi connectivity index (χ4n) is 3.34. The number of hydrogen-bond acceptors (Lipinski definition) is 6. The van der Waals surface area contributed by atoms with Crippen LogP contribution in [0.3, 0.4) is 0 Å². The Morgan fingerprint density at radius 1 is 1.09 bits per heavy atom. The summed E-state index contributed by atoms with van der Waals surface area (Å²) in [5, 5.41) is 19.6. The number of ether oxygens (including phenoxy) is 2. The van der Waals surface area contributed by atoms with Gasteiger partial charge in [-0.2, -0.15) is 0 Å². The van der Waals surface area contributed by atoms with Gasteiger partial charge in [-0.3, -0.25) is 0 Å². The zero-order chi connectivity index (χ0) is 22.9. The molecule has 1 aromatic heterocycles. The predicted molar refractivity (Wildman–Crippen MR) is 125 cm³/mol. The van der Waals surface area contributed by atoms with Crippen molar-refractivity contribution in [3.8, 4) is 16.9 Å². The SMILES string of the molecule is COC(CN)COc1ccc(-c2ccc(/C=C/C(CO)n3ccnc3C(C)O)cc2)cc1. The molecule has 0 aliphatic rings. The Balaban J connectivity index is 1.65. The molecule has 3 rings (SSSR count). The number of methoxy groups -OCH3 is 1. The number of rotatable bonds is 11. The van der Waals surface area contributed by atoms with E-state index in [-0.39, 0.29) is 18.8 Å². The molecule has 32 heavy (non-hydrogen) atoms. The highest BCUT2D eigenvalue weighted by molar-refractivity contribution is 5.66. The quantitative estimate of drug-likeness (QED) is 0.426. The van der Waals surface area contributed by atoms with Crippen molar-refractivity contribution in [3.63, 3.8) is 0 Å². The van der Waals surface area contributed by atoms with Crippen LogP contribution in [0.4, 0.5) is 0 Å². The van der Waals surface area contributed by atoms with Crippen molar-refractivity contribution in [2.75, 3.05) is 26.9 Å². The van der Waals surface area contributed by atoms with E-state index < -0.39 is 6.10 Å². The molecule has 7 heteroatoms. The standard InChI is InChI=1S/C25H31N3O4/c1-18(30)25-27-13-14-28(25)22(16-29)10-5-19-3-6-20(7-4-19)21-8-11-23(12-9-21)32-17-24(15-26)31-2/h3-14,18,22,24,29-30H,15-17,26H2,1-2H3/b10-5+. The largest absolute Gasteiger partial charge is 0.491 e. The van der Waals surface area contributed by atoms with E-state index in [9.17, 15) is 10.2 Å². The maximum absolute atomic E-state index is 9.85. The van der Waals surface area contributed by atoms with Gasteiger partial charge in [-0.05, 0) is 35.7 Å². The van der Waals surface area contributed by atoms with Gasteiger partial charge in [0.1, 0.15) is 30.4 Å². The molecule has 1 heterocycles. The van der Waals surface area contributed by atoms with Crippen molar-refractivity contribution in [1.82, 2.24) is 9.55 Å². The molecule has 3 atom stereocenters. The molecular formula is C25H31N3O4. The summed E-state index contributed by atoms with van der Waals surface area (Å²) >= 11 is 0. The van der Waals surface area contributed by atoms with E-state index in [0.717, 1.165) is 22.4 Å². The van der Waals surface area contributed by atoms with Crippen molar-refractivity contribution >= 4 is 6.08 Å². The van der Waals surface area contributed by atoms with E-state index >= 15 is 0 Å². The summed E-state index contributed by atoms with van der Waals surface area (Å²) in [5.74, 6) is 1.30. The number of nitrogens with zero attached hydrogens (tertiary/aromatic N) is 2. The van der Waals surface area contributed by atoms with Gasteiger partial charge in [0, 0.05) is 26.0 Å². The minimum absolute atomic E-state index is 0.0878. The van der Waals surface area contributed by atoms with Gasteiger partial charge in [0.15, 0.2) is 0 Å². The first-order valence-corrected chi connectivity index (χ1v) is 10.6. The van der Waals surface area contributed by atoms with Crippen LogP contribution < -0.4 is 10.5 Å². The van der Waals surface area contributed by atoms with Crippen LogP contribution in [-0.2, 0) is 4.74 Å². The van der Waals surface area contributed by atoms with Crippen LogP contribution >= 0.6 is 0 Å². The van der Waals surface area contributed by atoms with Gasteiger partial charge in [0.2, 0.25) is 0 Å². The van der Waals surface area contributed by atoms with Crippen LogP contribution in [0.2, 0.25) is 0 Å². The highest BCUT2D eigenvalue weighted by Gasteiger charge is 2.14. The molecule has 0 saturated carbocycles.